The molecular formula is C15H16ClNOS. The zero-order valence-corrected chi connectivity index (χ0v) is 12.3. The van der Waals surface area contributed by atoms with E-state index >= 15 is 0 Å². The molecule has 0 amide bonds. The molecular weight excluding hydrogens is 278 g/mol. The predicted octanol–water partition coefficient (Wildman–Crippen LogP) is 3.41. The van der Waals surface area contributed by atoms with Crippen molar-refractivity contribution in [3.05, 3.63) is 64.2 Å². The van der Waals surface area contributed by atoms with Crippen LogP contribution in [0.1, 0.15) is 16.7 Å². The van der Waals surface area contributed by atoms with Gasteiger partial charge in [-0.3, -0.25) is 4.21 Å². The lowest BCUT2D eigenvalue weighted by Crippen LogP contribution is -2.01. The fourth-order valence-corrected chi connectivity index (χ4v) is 3.56. The molecule has 0 spiro atoms. The van der Waals surface area contributed by atoms with Gasteiger partial charge in [-0.05, 0) is 35.7 Å². The molecule has 0 bridgehead atoms. The topological polar surface area (TPSA) is 43.1 Å². The van der Waals surface area contributed by atoms with Gasteiger partial charge in [0.15, 0.2) is 0 Å². The summed E-state index contributed by atoms with van der Waals surface area (Å²) < 4.78 is 12.4. The smallest absolute Gasteiger partial charge is 0.0577 e. The van der Waals surface area contributed by atoms with E-state index in [9.17, 15) is 4.21 Å². The summed E-state index contributed by atoms with van der Waals surface area (Å²) in [6.07, 6.45) is 0. The van der Waals surface area contributed by atoms with E-state index in [2.05, 4.69) is 0 Å². The van der Waals surface area contributed by atoms with Crippen molar-refractivity contribution in [2.45, 2.75) is 24.1 Å². The Kier molecular flexibility index (Phi) is 4.75. The first-order valence-corrected chi connectivity index (χ1v) is 7.73. The lowest BCUT2D eigenvalue weighted by atomic mass is 10.1. The van der Waals surface area contributed by atoms with Crippen molar-refractivity contribution in [2.24, 2.45) is 5.73 Å². The second kappa shape index (κ2) is 6.33. The number of halogens is 1. The summed E-state index contributed by atoms with van der Waals surface area (Å²) in [5, 5.41) is 0.630. The van der Waals surface area contributed by atoms with Gasteiger partial charge in [0.1, 0.15) is 0 Å². The van der Waals surface area contributed by atoms with Gasteiger partial charge in [-0.15, -0.1) is 0 Å². The van der Waals surface area contributed by atoms with E-state index in [4.69, 9.17) is 17.3 Å². The van der Waals surface area contributed by atoms with Crippen LogP contribution in [0.3, 0.4) is 0 Å². The summed E-state index contributed by atoms with van der Waals surface area (Å²) >= 11 is 6.19. The Labute approximate surface area is 121 Å². The first-order chi connectivity index (χ1) is 9.11. The van der Waals surface area contributed by atoms with E-state index in [1.807, 2.05) is 49.4 Å². The fourth-order valence-electron chi connectivity index (χ4n) is 1.87. The van der Waals surface area contributed by atoms with Gasteiger partial charge in [0.2, 0.25) is 0 Å². The molecule has 2 N–H and O–H groups in total. The summed E-state index contributed by atoms with van der Waals surface area (Å²) in [6.45, 7) is 2.42. The quantitative estimate of drug-likeness (QED) is 0.939. The Balaban J connectivity index is 2.22. The number of rotatable bonds is 4. The zero-order chi connectivity index (χ0) is 13.8. The average Bonchev–Trinajstić information content (AvgIpc) is 2.41. The van der Waals surface area contributed by atoms with Gasteiger partial charge in [0.05, 0.1) is 16.6 Å². The van der Waals surface area contributed by atoms with Gasteiger partial charge in [0, 0.05) is 16.5 Å². The van der Waals surface area contributed by atoms with Gasteiger partial charge >= 0.3 is 0 Å². The molecule has 100 valence electrons. The lowest BCUT2D eigenvalue weighted by molar-refractivity contribution is 0.682. The van der Waals surface area contributed by atoms with Crippen molar-refractivity contribution >= 4 is 22.4 Å². The maximum absolute atomic E-state index is 12.4. The van der Waals surface area contributed by atoms with Gasteiger partial charge in [-0.2, -0.15) is 0 Å². The van der Waals surface area contributed by atoms with Gasteiger partial charge in [0.25, 0.3) is 0 Å². The van der Waals surface area contributed by atoms with Crippen molar-refractivity contribution in [1.82, 2.24) is 0 Å². The molecule has 0 radical (unpaired) electrons. The lowest BCUT2D eigenvalue weighted by Gasteiger charge is -2.08. The second-order valence-electron chi connectivity index (χ2n) is 4.39. The van der Waals surface area contributed by atoms with Crippen LogP contribution in [0.5, 0.6) is 0 Å². The van der Waals surface area contributed by atoms with Crippen LogP contribution in [0.4, 0.5) is 0 Å². The number of hydrogen-bond acceptors (Lipinski definition) is 2. The van der Waals surface area contributed by atoms with E-state index in [0.717, 1.165) is 21.6 Å². The van der Waals surface area contributed by atoms with E-state index in [1.54, 1.807) is 0 Å². The summed E-state index contributed by atoms with van der Waals surface area (Å²) in [5.41, 5.74) is 8.47. The Hall–Kier alpha value is -1.16. The van der Waals surface area contributed by atoms with Crippen molar-refractivity contribution in [2.75, 3.05) is 0 Å². The van der Waals surface area contributed by atoms with Crippen LogP contribution in [-0.2, 0) is 23.1 Å². The molecule has 0 aliphatic carbocycles. The van der Waals surface area contributed by atoms with Crippen LogP contribution >= 0.6 is 11.6 Å². The largest absolute Gasteiger partial charge is 0.326 e. The Morgan fingerprint density at radius 1 is 1.21 bits per heavy atom. The van der Waals surface area contributed by atoms with Crippen LogP contribution in [0.25, 0.3) is 0 Å². The molecule has 0 saturated heterocycles. The monoisotopic (exact) mass is 293 g/mol. The second-order valence-corrected chi connectivity index (χ2v) is 6.21. The third-order valence-electron chi connectivity index (χ3n) is 2.98. The number of nitrogens with two attached hydrogens (primary N) is 1. The molecule has 1 unspecified atom stereocenters. The van der Waals surface area contributed by atoms with Crippen molar-refractivity contribution in [3.63, 3.8) is 0 Å². The summed E-state index contributed by atoms with van der Waals surface area (Å²) in [6, 6.07) is 13.4. The first-order valence-electron chi connectivity index (χ1n) is 6.03. The predicted molar refractivity (Wildman–Crippen MR) is 80.6 cm³/mol. The molecule has 0 aliphatic rings. The van der Waals surface area contributed by atoms with Crippen LogP contribution < -0.4 is 5.73 Å². The van der Waals surface area contributed by atoms with Gasteiger partial charge in [-0.25, -0.2) is 0 Å². The molecule has 0 saturated carbocycles. The average molecular weight is 294 g/mol. The van der Waals surface area contributed by atoms with Crippen LogP contribution in [0, 0.1) is 6.92 Å². The van der Waals surface area contributed by atoms with Gasteiger partial charge < -0.3 is 5.73 Å². The zero-order valence-electron chi connectivity index (χ0n) is 10.7. The molecule has 0 fully saturated rings. The number of hydrogen-bond donors (Lipinski definition) is 1. The molecule has 0 aromatic heterocycles. The first kappa shape index (κ1) is 14.3. The summed E-state index contributed by atoms with van der Waals surface area (Å²) in [4.78, 5) is 0.862. The molecule has 19 heavy (non-hydrogen) atoms. The van der Waals surface area contributed by atoms with Crippen LogP contribution in [0.15, 0.2) is 47.4 Å². The summed E-state index contributed by atoms with van der Waals surface area (Å²) in [7, 11) is -1.08. The highest BCUT2D eigenvalue weighted by Crippen LogP contribution is 2.22. The van der Waals surface area contributed by atoms with Crippen molar-refractivity contribution in [1.29, 1.82) is 0 Å². The summed E-state index contributed by atoms with van der Waals surface area (Å²) in [5.74, 6) is 0.425. The van der Waals surface area contributed by atoms with E-state index < -0.39 is 10.8 Å². The highest BCUT2D eigenvalue weighted by molar-refractivity contribution is 7.84. The van der Waals surface area contributed by atoms with E-state index in [0.29, 0.717) is 17.3 Å². The molecule has 2 aromatic rings. The number of benzene rings is 2. The third kappa shape index (κ3) is 3.44. The molecule has 0 aliphatic heterocycles. The van der Waals surface area contributed by atoms with Crippen molar-refractivity contribution < 1.29 is 4.21 Å². The highest BCUT2D eigenvalue weighted by atomic mass is 35.5. The minimum Gasteiger partial charge on any atom is -0.326 e. The Bertz CT molecular complexity index is 613. The molecule has 2 aromatic carbocycles. The number of aryl methyl sites for hydroxylation is 1. The molecule has 4 heteroatoms. The maximum atomic E-state index is 12.4. The molecule has 1 atom stereocenters. The Morgan fingerprint density at radius 3 is 2.58 bits per heavy atom. The molecule has 2 nitrogen and oxygen atoms in total. The SMILES string of the molecule is Cc1ccccc1S(=O)Cc1ccc(CN)cc1Cl. The minimum absolute atomic E-state index is 0.425. The van der Waals surface area contributed by atoms with E-state index in [1.165, 1.54) is 0 Å². The van der Waals surface area contributed by atoms with Crippen molar-refractivity contribution in [3.8, 4) is 0 Å². The third-order valence-corrected chi connectivity index (χ3v) is 4.85. The van der Waals surface area contributed by atoms with Gasteiger partial charge in [-0.1, -0.05) is 41.9 Å². The molecule has 2 rings (SSSR count). The standard InChI is InChI=1S/C15H16ClNOS/c1-11-4-2-3-5-15(11)19(18)10-13-7-6-12(9-17)8-14(13)16/h2-8H,9-10,17H2,1H3. The normalized spacial score (nSPS) is 12.4. The maximum Gasteiger partial charge on any atom is 0.0577 e. The molecule has 0 heterocycles. The minimum atomic E-state index is -1.08. The van der Waals surface area contributed by atoms with Crippen LogP contribution in [0.2, 0.25) is 5.02 Å². The van der Waals surface area contributed by atoms with Crippen LogP contribution in [-0.4, -0.2) is 4.21 Å². The van der Waals surface area contributed by atoms with E-state index in [-0.39, 0.29) is 0 Å². The highest BCUT2D eigenvalue weighted by Gasteiger charge is 2.10. The fraction of sp³-hybridized carbons (Fsp3) is 0.200. The Morgan fingerprint density at radius 2 is 1.95 bits per heavy atom.